The zero-order chi connectivity index (χ0) is 25.2. The van der Waals surface area contributed by atoms with Crippen LogP contribution in [0.25, 0.3) is 22.3 Å². The Bertz CT molecular complexity index is 1450. The lowest BCUT2D eigenvalue weighted by molar-refractivity contribution is 0.112. The standard InChI is InChI=1S/C34H32O3/c35-21-28-20-27-13-5-7-16-30(27)33(34(28)36)32-29-15-6-4-12-25(29)17-18-31(32)37-22-23-9-8-14-26(19-23)24-10-2-1-3-11-24/h1-3,8-11,14,17-21,36H,4-7,12-13,15-16,22H2. The Hall–Kier alpha value is -3.85. The fourth-order valence-corrected chi connectivity index (χ4v) is 6.11. The van der Waals surface area contributed by atoms with Crippen LogP contribution in [0.4, 0.5) is 0 Å². The van der Waals surface area contributed by atoms with Crippen molar-refractivity contribution in [2.24, 2.45) is 0 Å². The van der Waals surface area contributed by atoms with E-state index in [1.54, 1.807) is 0 Å². The minimum Gasteiger partial charge on any atom is -0.507 e. The summed E-state index contributed by atoms with van der Waals surface area (Å²) in [5.74, 6) is 0.891. The second kappa shape index (κ2) is 10.3. The van der Waals surface area contributed by atoms with Gasteiger partial charge in [-0.3, -0.25) is 4.79 Å². The van der Waals surface area contributed by atoms with E-state index < -0.39 is 0 Å². The second-order valence-corrected chi connectivity index (χ2v) is 10.3. The van der Waals surface area contributed by atoms with Crippen LogP contribution in [0.2, 0.25) is 0 Å². The Labute approximate surface area is 218 Å². The Morgan fingerprint density at radius 1 is 0.703 bits per heavy atom. The monoisotopic (exact) mass is 488 g/mol. The van der Waals surface area contributed by atoms with Crippen molar-refractivity contribution in [2.45, 2.75) is 58.0 Å². The third-order valence-corrected chi connectivity index (χ3v) is 7.95. The van der Waals surface area contributed by atoms with Crippen molar-refractivity contribution >= 4 is 6.29 Å². The Morgan fingerprint density at radius 2 is 1.41 bits per heavy atom. The molecular weight excluding hydrogens is 456 g/mol. The van der Waals surface area contributed by atoms with E-state index in [1.807, 2.05) is 12.1 Å². The Morgan fingerprint density at radius 3 is 2.19 bits per heavy atom. The lowest BCUT2D eigenvalue weighted by Gasteiger charge is -2.27. The summed E-state index contributed by atoms with van der Waals surface area (Å²) >= 11 is 0. The number of hydrogen-bond donors (Lipinski definition) is 1. The molecule has 0 bridgehead atoms. The van der Waals surface area contributed by atoms with Crippen LogP contribution in [0.1, 0.15) is 63.9 Å². The number of hydrogen-bond acceptors (Lipinski definition) is 3. The predicted octanol–water partition coefficient (Wildman–Crippen LogP) is 7.88. The largest absolute Gasteiger partial charge is 0.507 e. The van der Waals surface area contributed by atoms with Gasteiger partial charge in [-0.2, -0.15) is 0 Å². The van der Waals surface area contributed by atoms with Crippen LogP contribution >= 0.6 is 0 Å². The van der Waals surface area contributed by atoms with E-state index in [2.05, 4.69) is 60.7 Å². The van der Waals surface area contributed by atoms with Crippen LogP contribution in [0.3, 0.4) is 0 Å². The van der Waals surface area contributed by atoms with Crippen LogP contribution in [0.15, 0.2) is 72.8 Å². The fourth-order valence-electron chi connectivity index (χ4n) is 6.11. The van der Waals surface area contributed by atoms with Gasteiger partial charge >= 0.3 is 0 Å². The Kier molecular flexibility index (Phi) is 6.53. The highest BCUT2D eigenvalue weighted by atomic mass is 16.5. The third kappa shape index (κ3) is 4.55. The summed E-state index contributed by atoms with van der Waals surface area (Å²) in [6.07, 6.45) is 9.17. The van der Waals surface area contributed by atoms with Crippen LogP contribution < -0.4 is 4.74 Å². The van der Waals surface area contributed by atoms with Gasteiger partial charge in [-0.15, -0.1) is 0 Å². The molecule has 2 aliphatic carbocycles. The Balaban J connectivity index is 1.44. The lowest BCUT2D eigenvalue weighted by atomic mass is 9.79. The maximum Gasteiger partial charge on any atom is 0.153 e. The van der Waals surface area contributed by atoms with Crippen molar-refractivity contribution in [3.8, 4) is 33.8 Å². The van der Waals surface area contributed by atoms with Crippen molar-refractivity contribution in [1.29, 1.82) is 0 Å². The number of benzene rings is 4. The van der Waals surface area contributed by atoms with E-state index in [1.165, 1.54) is 34.2 Å². The molecule has 0 atom stereocenters. The smallest absolute Gasteiger partial charge is 0.153 e. The molecule has 6 rings (SSSR count). The number of aromatic hydroxyl groups is 1. The number of fused-ring (bicyclic) bond motifs is 2. The van der Waals surface area contributed by atoms with E-state index in [9.17, 15) is 9.90 Å². The molecule has 186 valence electrons. The summed E-state index contributed by atoms with van der Waals surface area (Å²) in [6.45, 7) is 0.433. The molecule has 2 aliphatic rings. The SMILES string of the molecule is O=Cc1cc2c(c(-c3c(OCc4cccc(-c5ccccc5)c4)ccc4c3CCCC4)c1O)CCCC2. The summed E-state index contributed by atoms with van der Waals surface area (Å²) < 4.78 is 6.55. The fraction of sp³-hybridized carbons (Fsp3) is 0.265. The van der Waals surface area contributed by atoms with Crippen LogP contribution in [0.5, 0.6) is 11.5 Å². The number of aldehydes is 1. The highest BCUT2D eigenvalue weighted by Crippen LogP contribution is 2.47. The molecule has 1 N–H and O–H groups in total. The summed E-state index contributed by atoms with van der Waals surface area (Å²) in [6, 6.07) is 25.0. The molecule has 4 aromatic carbocycles. The first-order valence-corrected chi connectivity index (χ1v) is 13.5. The maximum atomic E-state index is 11.9. The molecule has 0 amide bonds. The molecule has 0 unspecified atom stereocenters. The van der Waals surface area contributed by atoms with Crippen LogP contribution in [0, 0.1) is 0 Å². The van der Waals surface area contributed by atoms with E-state index in [4.69, 9.17) is 4.74 Å². The van der Waals surface area contributed by atoms with Crippen molar-refractivity contribution in [1.82, 2.24) is 0 Å². The molecule has 0 fully saturated rings. The summed E-state index contributed by atoms with van der Waals surface area (Å²) in [7, 11) is 0. The molecule has 3 heteroatoms. The van der Waals surface area contributed by atoms with Gasteiger partial charge in [0.15, 0.2) is 6.29 Å². The van der Waals surface area contributed by atoms with Crippen molar-refractivity contribution in [3.63, 3.8) is 0 Å². The van der Waals surface area contributed by atoms with Gasteiger partial charge in [0.1, 0.15) is 18.1 Å². The predicted molar refractivity (Wildman–Crippen MR) is 148 cm³/mol. The average molecular weight is 489 g/mol. The van der Waals surface area contributed by atoms with Gasteiger partial charge < -0.3 is 9.84 Å². The van der Waals surface area contributed by atoms with E-state index in [0.29, 0.717) is 12.2 Å². The number of phenols is 1. The number of carbonyl (C=O) groups is 1. The van der Waals surface area contributed by atoms with E-state index >= 15 is 0 Å². The van der Waals surface area contributed by atoms with Crippen LogP contribution in [-0.2, 0) is 32.3 Å². The normalized spacial score (nSPS) is 14.5. The van der Waals surface area contributed by atoms with Gasteiger partial charge in [-0.1, -0.05) is 54.6 Å². The molecule has 3 nitrogen and oxygen atoms in total. The third-order valence-electron chi connectivity index (χ3n) is 7.95. The van der Waals surface area contributed by atoms with Crippen LogP contribution in [-0.4, -0.2) is 11.4 Å². The summed E-state index contributed by atoms with van der Waals surface area (Å²) in [5.41, 5.74) is 10.6. The number of carbonyl (C=O) groups excluding carboxylic acids is 1. The molecule has 0 saturated heterocycles. The van der Waals surface area contributed by atoms with Crippen molar-refractivity contribution in [2.75, 3.05) is 0 Å². The van der Waals surface area contributed by atoms with Crippen molar-refractivity contribution < 1.29 is 14.6 Å². The zero-order valence-electron chi connectivity index (χ0n) is 21.1. The van der Waals surface area contributed by atoms with Gasteiger partial charge in [0.25, 0.3) is 0 Å². The number of aryl methyl sites for hydroxylation is 2. The maximum absolute atomic E-state index is 11.9. The lowest BCUT2D eigenvalue weighted by Crippen LogP contribution is -2.11. The quantitative estimate of drug-likeness (QED) is 0.281. The summed E-state index contributed by atoms with van der Waals surface area (Å²) in [4.78, 5) is 11.9. The van der Waals surface area contributed by atoms with E-state index in [0.717, 1.165) is 79.2 Å². The summed E-state index contributed by atoms with van der Waals surface area (Å²) in [5, 5.41) is 11.4. The minimum absolute atomic E-state index is 0.102. The molecule has 0 saturated carbocycles. The van der Waals surface area contributed by atoms with Gasteiger partial charge in [0.05, 0.1) is 5.56 Å². The molecule has 37 heavy (non-hydrogen) atoms. The highest BCUT2D eigenvalue weighted by Gasteiger charge is 2.27. The second-order valence-electron chi connectivity index (χ2n) is 10.3. The molecule has 0 aliphatic heterocycles. The molecule has 0 radical (unpaired) electrons. The molecule has 0 heterocycles. The first kappa shape index (κ1) is 23.5. The minimum atomic E-state index is 0.102. The van der Waals surface area contributed by atoms with Gasteiger partial charge in [-0.05, 0) is 109 Å². The zero-order valence-corrected chi connectivity index (χ0v) is 21.1. The number of rotatable bonds is 6. The molecular formula is C34H32O3. The van der Waals surface area contributed by atoms with Gasteiger partial charge in [0.2, 0.25) is 0 Å². The first-order chi connectivity index (χ1) is 18.2. The number of ether oxygens (including phenoxy) is 1. The molecule has 0 aromatic heterocycles. The van der Waals surface area contributed by atoms with E-state index in [-0.39, 0.29) is 5.75 Å². The average Bonchev–Trinajstić information content (AvgIpc) is 2.96. The number of phenolic OH excluding ortho intramolecular Hbond substituents is 1. The topological polar surface area (TPSA) is 46.5 Å². The first-order valence-electron chi connectivity index (χ1n) is 13.5. The van der Waals surface area contributed by atoms with Gasteiger partial charge in [0, 0.05) is 11.1 Å². The van der Waals surface area contributed by atoms with Crippen molar-refractivity contribution in [3.05, 3.63) is 106 Å². The molecule has 4 aromatic rings. The molecule has 0 spiro atoms. The van der Waals surface area contributed by atoms with Gasteiger partial charge in [-0.25, -0.2) is 0 Å². The highest BCUT2D eigenvalue weighted by molar-refractivity contribution is 5.91.